The summed E-state index contributed by atoms with van der Waals surface area (Å²) in [6.07, 6.45) is 3.81. The maximum atomic E-state index is 13.4. The molecule has 0 unspecified atom stereocenters. The molecule has 1 aliphatic carbocycles. The van der Waals surface area contributed by atoms with Crippen LogP contribution in [0.5, 0.6) is 0 Å². The van der Waals surface area contributed by atoms with Gasteiger partial charge in [-0.15, -0.1) is 0 Å². The van der Waals surface area contributed by atoms with Crippen LogP contribution in [-0.4, -0.2) is 64.9 Å². The molecular weight excluding hydrogens is 374 g/mol. The molecule has 8 nitrogen and oxygen atoms in total. The number of anilines is 1. The number of carbonyl (C=O) groups excluding carboxylic acids is 4. The number of nitrogens with zero attached hydrogens (tertiary/aromatic N) is 3. The zero-order valence-corrected chi connectivity index (χ0v) is 16.1. The summed E-state index contributed by atoms with van der Waals surface area (Å²) in [5.74, 6) is -1.38. The number of benzene rings is 1. The highest BCUT2D eigenvalue weighted by Gasteiger charge is 2.64. The third-order valence-corrected chi connectivity index (χ3v) is 6.32. The largest absolute Gasteiger partial charge is 0.452 e. The molecule has 3 heterocycles. The molecule has 8 heteroatoms. The summed E-state index contributed by atoms with van der Waals surface area (Å²) < 4.78 is 5.46. The lowest BCUT2D eigenvalue weighted by Gasteiger charge is -2.48. The Morgan fingerprint density at radius 3 is 2.55 bits per heavy atom. The summed E-state index contributed by atoms with van der Waals surface area (Å²) in [7, 11) is 0. The van der Waals surface area contributed by atoms with Gasteiger partial charge in [-0.3, -0.25) is 19.3 Å². The van der Waals surface area contributed by atoms with Crippen molar-refractivity contribution in [1.82, 2.24) is 9.80 Å². The van der Waals surface area contributed by atoms with Gasteiger partial charge >= 0.3 is 5.97 Å². The van der Waals surface area contributed by atoms with Crippen LogP contribution >= 0.6 is 0 Å². The highest BCUT2D eigenvalue weighted by molar-refractivity contribution is 6.15. The van der Waals surface area contributed by atoms with E-state index in [1.807, 2.05) is 0 Å². The maximum absolute atomic E-state index is 13.4. The van der Waals surface area contributed by atoms with E-state index in [2.05, 4.69) is 0 Å². The lowest BCUT2D eigenvalue weighted by molar-refractivity contribution is -0.162. The van der Waals surface area contributed by atoms with Gasteiger partial charge in [-0.1, -0.05) is 12.1 Å². The Morgan fingerprint density at radius 1 is 1.10 bits per heavy atom. The number of hydrogen-bond donors (Lipinski definition) is 0. The lowest BCUT2D eigenvalue weighted by Crippen LogP contribution is -2.69. The summed E-state index contributed by atoms with van der Waals surface area (Å²) in [6, 6.07) is 6.79. The molecule has 2 saturated heterocycles. The molecular formula is C21H23N3O5. The van der Waals surface area contributed by atoms with Crippen LogP contribution in [0.15, 0.2) is 24.3 Å². The summed E-state index contributed by atoms with van der Waals surface area (Å²) in [4.78, 5) is 56.5. The van der Waals surface area contributed by atoms with Crippen molar-refractivity contribution < 1.29 is 23.9 Å². The van der Waals surface area contributed by atoms with Crippen molar-refractivity contribution in [2.75, 3.05) is 24.6 Å². The Balaban J connectivity index is 1.49. The molecule has 29 heavy (non-hydrogen) atoms. The molecule has 0 spiro atoms. The van der Waals surface area contributed by atoms with E-state index in [1.54, 1.807) is 34.1 Å². The fourth-order valence-corrected chi connectivity index (χ4v) is 4.81. The van der Waals surface area contributed by atoms with Crippen LogP contribution in [0.4, 0.5) is 5.69 Å². The van der Waals surface area contributed by atoms with Gasteiger partial charge in [-0.2, -0.15) is 0 Å². The highest BCUT2D eigenvalue weighted by atomic mass is 16.5. The number of ether oxygens (including phenoxy) is 1. The standard InChI is InChI=1S/C21H23N3O5/c25-17-9-10-21(20(28)29-13-18(26)22-11-3-4-12-22)23(14-7-8-14)19(27)15-5-1-2-6-16(15)24(17)21/h1-2,5-6,14H,3-4,7-13H2/t21-/m0/s1. The van der Waals surface area contributed by atoms with Crippen molar-refractivity contribution in [3.05, 3.63) is 29.8 Å². The van der Waals surface area contributed by atoms with Crippen molar-refractivity contribution >= 4 is 29.4 Å². The molecule has 0 radical (unpaired) electrons. The number of likely N-dealkylation sites (tertiary alicyclic amines) is 1. The van der Waals surface area contributed by atoms with Gasteiger partial charge in [0, 0.05) is 32.0 Å². The van der Waals surface area contributed by atoms with E-state index in [4.69, 9.17) is 4.74 Å². The summed E-state index contributed by atoms with van der Waals surface area (Å²) >= 11 is 0. The van der Waals surface area contributed by atoms with E-state index < -0.39 is 11.6 Å². The average Bonchev–Trinajstić information content (AvgIpc) is 3.27. The molecule has 0 aromatic heterocycles. The molecule has 1 atom stereocenters. The van der Waals surface area contributed by atoms with Gasteiger partial charge in [0.05, 0.1) is 11.3 Å². The fourth-order valence-electron chi connectivity index (χ4n) is 4.81. The normalized spacial score (nSPS) is 25.9. The molecule has 1 aromatic rings. The van der Waals surface area contributed by atoms with Crippen LogP contribution in [-0.2, 0) is 19.1 Å². The van der Waals surface area contributed by atoms with Gasteiger partial charge in [0.1, 0.15) is 0 Å². The van der Waals surface area contributed by atoms with Crippen LogP contribution in [0.3, 0.4) is 0 Å². The van der Waals surface area contributed by atoms with Crippen LogP contribution in [0.2, 0.25) is 0 Å². The van der Waals surface area contributed by atoms with Crippen LogP contribution < -0.4 is 4.90 Å². The number of fused-ring (bicyclic) bond motifs is 3. The fraction of sp³-hybridized carbons (Fsp3) is 0.524. The van der Waals surface area contributed by atoms with Crippen LogP contribution in [0.25, 0.3) is 0 Å². The Labute approximate surface area is 168 Å². The summed E-state index contributed by atoms with van der Waals surface area (Å²) in [5.41, 5.74) is -0.624. The Morgan fingerprint density at radius 2 is 1.83 bits per heavy atom. The van der Waals surface area contributed by atoms with E-state index in [-0.39, 0.29) is 43.2 Å². The molecule has 1 aromatic carbocycles. The van der Waals surface area contributed by atoms with Crippen molar-refractivity contribution in [1.29, 1.82) is 0 Å². The third-order valence-electron chi connectivity index (χ3n) is 6.32. The van der Waals surface area contributed by atoms with Gasteiger partial charge in [-0.05, 0) is 37.8 Å². The van der Waals surface area contributed by atoms with Gasteiger partial charge in [0.2, 0.25) is 11.6 Å². The average molecular weight is 397 g/mol. The maximum Gasteiger partial charge on any atom is 0.354 e. The minimum Gasteiger partial charge on any atom is -0.452 e. The van der Waals surface area contributed by atoms with Gasteiger partial charge in [-0.25, -0.2) is 4.79 Å². The van der Waals surface area contributed by atoms with E-state index in [0.717, 1.165) is 25.7 Å². The molecule has 1 saturated carbocycles. The number of para-hydroxylation sites is 1. The quantitative estimate of drug-likeness (QED) is 0.715. The number of amides is 3. The Hall–Kier alpha value is -2.90. The van der Waals surface area contributed by atoms with Crippen LogP contribution in [0.1, 0.15) is 48.9 Å². The summed E-state index contributed by atoms with van der Waals surface area (Å²) in [5, 5.41) is 0. The molecule has 3 fully saturated rings. The molecule has 3 aliphatic heterocycles. The summed E-state index contributed by atoms with van der Waals surface area (Å²) in [6.45, 7) is 0.982. The second kappa shape index (κ2) is 6.57. The number of carbonyl (C=O) groups is 4. The van der Waals surface area contributed by atoms with Crippen LogP contribution in [0, 0.1) is 0 Å². The van der Waals surface area contributed by atoms with Gasteiger partial charge < -0.3 is 14.5 Å². The molecule has 152 valence electrons. The number of esters is 1. The van der Waals surface area contributed by atoms with Gasteiger partial charge in [0.25, 0.3) is 11.8 Å². The van der Waals surface area contributed by atoms with E-state index >= 15 is 0 Å². The minimum absolute atomic E-state index is 0.0916. The topological polar surface area (TPSA) is 87.2 Å². The molecule has 5 rings (SSSR count). The van der Waals surface area contributed by atoms with Crippen molar-refractivity contribution in [3.63, 3.8) is 0 Å². The molecule has 0 N–H and O–H groups in total. The highest BCUT2D eigenvalue weighted by Crippen LogP contribution is 2.49. The molecule has 3 amide bonds. The Bertz CT molecular complexity index is 905. The van der Waals surface area contributed by atoms with Crippen molar-refractivity contribution in [2.45, 2.75) is 50.2 Å². The van der Waals surface area contributed by atoms with E-state index in [1.165, 1.54) is 4.90 Å². The zero-order valence-electron chi connectivity index (χ0n) is 16.1. The number of rotatable bonds is 4. The van der Waals surface area contributed by atoms with E-state index in [9.17, 15) is 19.2 Å². The SMILES string of the molecule is O=C(COC(=O)[C@]12CCC(=O)N1c1ccccc1C(=O)N2C1CC1)N1CCCC1. The van der Waals surface area contributed by atoms with Gasteiger partial charge in [0.15, 0.2) is 6.61 Å². The second-order valence-electron chi connectivity index (χ2n) is 8.13. The monoisotopic (exact) mass is 397 g/mol. The predicted octanol–water partition coefficient (Wildman–Crippen LogP) is 1.29. The second-order valence-corrected chi connectivity index (χ2v) is 8.13. The zero-order chi connectivity index (χ0) is 20.2. The first-order valence-corrected chi connectivity index (χ1v) is 10.2. The minimum atomic E-state index is -1.49. The first-order valence-electron chi connectivity index (χ1n) is 10.2. The molecule has 4 aliphatic rings. The smallest absolute Gasteiger partial charge is 0.354 e. The lowest BCUT2D eigenvalue weighted by atomic mass is 9.96. The first kappa shape index (κ1) is 18.1. The van der Waals surface area contributed by atoms with Crippen molar-refractivity contribution in [2.24, 2.45) is 0 Å². The first-order chi connectivity index (χ1) is 14.0. The number of hydrogen-bond acceptors (Lipinski definition) is 5. The Kier molecular flexibility index (Phi) is 4.11. The van der Waals surface area contributed by atoms with Crippen molar-refractivity contribution in [3.8, 4) is 0 Å². The third kappa shape index (κ3) is 2.65. The molecule has 0 bridgehead atoms. The van der Waals surface area contributed by atoms with E-state index in [0.29, 0.717) is 24.3 Å². The predicted molar refractivity (Wildman–Crippen MR) is 102 cm³/mol.